The number of aromatic nitrogens is 1. The molecular formula is C26H24F3N3O4S. The van der Waals surface area contributed by atoms with Gasteiger partial charge in [0, 0.05) is 11.8 Å². The minimum Gasteiger partial charge on any atom is -0.436 e. The van der Waals surface area contributed by atoms with Gasteiger partial charge in [0.05, 0.1) is 18.0 Å². The van der Waals surface area contributed by atoms with Crippen LogP contribution in [0.5, 0.6) is 11.6 Å². The van der Waals surface area contributed by atoms with Gasteiger partial charge in [-0.2, -0.15) is 0 Å². The van der Waals surface area contributed by atoms with Crippen molar-refractivity contribution in [1.82, 2.24) is 4.98 Å². The van der Waals surface area contributed by atoms with Crippen LogP contribution in [0.15, 0.2) is 65.8 Å². The number of halogens is 3. The number of rotatable bonds is 4. The van der Waals surface area contributed by atoms with Crippen molar-refractivity contribution >= 4 is 15.7 Å². The summed E-state index contributed by atoms with van der Waals surface area (Å²) in [6.45, 7) is 2.58. The molecular weight excluding hydrogens is 507 g/mol. The first kappa shape index (κ1) is 25.2. The van der Waals surface area contributed by atoms with Crippen molar-refractivity contribution < 1.29 is 31.1 Å². The molecule has 3 atom stereocenters. The Morgan fingerprint density at radius 1 is 1.05 bits per heavy atom. The number of sulfone groups is 1. The minimum absolute atomic E-state index is 0.0267. The van der Waals surface area contributed by atoms with E-state index in [1.54, 1.807) is 0 Å². The largest absolute Gasteiger partial charge is 0.436 e. The first-order chi connectivity index (χ1) is 17.5. The molecule has 0 aliphatic carbocycles. The molecule has 11 heteroatoms. The zero-order valence-corrected chi connectivity index (χ0v) is 20.8. The summed E-state index contributed by atoms with van der Waals surface area (Å²) in [6, 6.07) is 11.7. The van der Waals surface area contributed by atoms with E-state index in [2.05, 4.69) is 9.98 Å². The van der Waals surface area contributed by atoms with Gasteiger partial charge in [-0.05, 0) is 68.3 Å². The number of ether oxygens (including phenoxy) is 2. The summed E-state index contributed by atoms with van der Waals surface area (Å²) < 4.78 is 81.0. The fourth-order valence-corrected chi connectivity index (χ4v) is 7.03. The van der Waals surface area contributed by atoms with Crippen molar-refractivity contribution in [1.29, 1.82) is 0 Å². The number of nitrogens with two attached hydrogens (primary N) is 1. The van der Waals surface area contributed by atoms with Gasteiger partial charge in [-0.3, -0.25) is 4.99 Å². The van der Waals surface area contributed by atoms with Crippen LogP contribution < -0.4 is 10.5 Å². The summed E-state index contributed by atoms with van der Waals surface area (Å²) in [5.74, 6) is -2.41. The van der Waals surface area contributed by atoms with Gasteiger partial charge in [0.15, 0.2) is 15.7 Å². The molecule has 194 valence electrons. The zero-order chi connectivity index (χ0) is 26.6. The Morgan fingerprint density at radius 2 is 1.78 bits per heavy atom. The Kier molecular flexibility index (Phi) is 6.03. The van der Waals surface area contributed by atoms with Gasteiger partial charge in [0.25, 0.3) is 5.88 Å². The van der Waals surface area contributed by atoms with Gasteiger partial charge in [0.2, 0.25) is 0 Å². The summed E-state index contributed by atoms with van der Waals surface area (Å²) in [7, 11) is -4.05. The second-order valence-electron chi connectivity index (χ2n) is 9.59. The molecule has 0 unspecified atom stereocenters. The predicted molar refractivity (Wildman–Crippen MR) is 130 cm³/mol. The summed E-state index contributed by atoms with van der Waals surface area (Å²) >= 11 is 0. The normalized spacial score (nSPS) is 26.1. The highest BCUT2D eigenvalue weighted by atomic mass is 32.2. The predicted octanol–water partition coefficient (Wildman–Crippen LogP) is 4.58. The molecule has 0 amide bonds. The van der Waals surface area contributed by atoms with E-state index in [1.165, 1.54) is 62.5 Å². The molecule has 1 aromatic heterocycles. The number of hydrogen-bond acceptors (Lipinski definition) is 7. The Balaban J connectivity index is 1.63. The lowest BCUT2D eigenvalue weighted by Gasteiger charge is -2.49. The maximum Gasteiger partial charge on any atom is 0.255 e. The monoisotopic (exact) mass is 531 g/mol. The first-order valence-corrected chi connectivity index (χ1v) is 13.0. The molecule has 2 aliphatic heterocycles. The van der Waals surface area contributed by atoms with Crippen LogP contribution in [0.2, 0.25) is 0 Å². The Morgan fingerprint density at radius 3 is 2.49 bits per heavy atom. The van der Waals surface area contributed by atoms with Gasteiger partial charge in [0.1, 0.15) is 33.5 Å². The van der Waals surface area contributed by atoms with Crippen LogP contribution in [0.4, 0.5) is 13.2 Å². The van der Waals surface area contributed by atoms with Crippen LogP contribution >= 0.6 is 0 Å². The van der Waals surface area contributed by atoms with Crippen molar-refractivity contribution in [2.24, 2.45) is 10.7 Å². The third kappa shape index (κ3) is 4.06. The van der Waals surface area contributed by atoms with E-state index in [4.69, 9.17) is 15.2 Å². The molecule has 7 nitrogen and oxygen atoms in total. The lowest BCUT2D eigenvalue weighted by atomic mass is 9.81. The quantitative estimate of drug-likeness (QED) is 0.529. The summed E-state index contributed by atoms with van der Waals surface area (Å²) in [4.78, 5) is 8.40. The Hall–Kier alpha value is -3.44. The molecule has 1 saturated heterocycles. The third-order valence-electron chi connectivity index (χ3n) is 7.07. The molecule has 0 saturated carbocycles. The smallest absolute Gasteiger partial charge is 0.255 e. The fraction of sp³-hybridized carbons (Fsp3) is 0.308. The van der Waals surface area contributed by atoms with Gasteiger partial charge in [-0.15, -0.1) is 0 Å². The van der Waals surface area contributed by atoms with E-state index in [0.717, 1.165) is 12.1 Å². The first-order valence-electron chi connectivity index (χ1n) is 11.5. The van der Waals surface area contributed by atoms with E-state index < -0.39 is 48.9 Å². The number of fused-ring (bicyclic) bond motifs is 1. The molecule has 0 spiro atoms. The maximum absolute atomic E-state index is 15.4. The molecule has 5 rings (SSSR count). The van der Waals surface area contributed by atoms with Crippen LogP contribution in [0, 0.1) is 17.5 Å². The molecule has 2 aromatic carbocycles. The van der Waals surface area contributed by atoms with Crippen molar-refractivity contribution in [3.8, 4) is 11.6 Å². The van der Waals surface area contributed by atoms with Crippen molar-refractivity contribution in [3.05, 3.63) is 89.4 Å². The molecule has 0 radical (unpaired) electrons. The number of pyridine rings is 1. The highest BCUT2D eigenvalue weighted by Crippen LogP contribution is 2.51. The molecule has 2 N–H and O–H groups in total. The Bertz CT molecular complexity index is 1500. The van der Waals surface area contributed by atoms with Gasteiger partial charge in [-0.1, -0.05) is 12.1 Å². The summed E-state index contributed by atoms with van der Waals surface area (Å²) in [5.41, 5.74) is 4.89. The standard InChI is InChI=1S/C26H24F3N3O4S/c1-25(2)24(30)32-26(18-12-17(9-10-19(18)28)36-23-20(29)4-3-11-31-23)14-35-21(13-22(26)37(25,33)34)15-5-7-16(27)8-6-15/h3-12,21-22H,13-14H2,1-2H3,(H2,30,32)/t21-,22-,26-/m1/s1. The number of nitrogens with zero attached hydrogens (tertiary/aromatic N) is 2. The highest BCUT2D eigenvalue weighted by molar-refractivity contribution is 7.94. The van der Waals surface area contributed by atoms with E-state index >= 15 is 4.39 Å². The fourth-order valence-electron chi connectivity index (χ4n) is 4.80. The minimum atomic E-state index is -4.05. The SMILES string of the molecule is CC1(C)C(N)=N[C@@]2(c3cc(Oc4ncccc4F)ccc3F)CO[C@@H](c3ccc(F)cc3)C[C@H]2S1(=O)=O. The van der Waals surface area contributed by atoms with Crippen LogP contribution in [0.1, 0.15) is 37.5 Å². The van der Waals surface area contributed by atoms with Crippen LogP contribution in [-0.4, -0.2) is 35.8 Å². The van der Waals surface area contributed by atoms with Gasteiger partial charge in [-0.25, -0.2) is 26.6 Å². The van der Waals surface area contributed by atoms with Crippen LogP contribution in [0.25, 0.3) is 0 Å². The van der Waals surface area contributed by atoms with Gasteiger partial charge >= 0.3 is 0 Å². The molecule has 1 fully saturated rings. The molecule has 3 heterocycles. The number of benzene rings is 2. The van der Waals surface area contributed by atoms with E-state index in [-0.39, 0.29) is 36.1 Å². The molecule has 0 bridgehead atoms. The highest BCUT2D eigenvalue weighted by Gasteiger charge is 2.61. The van der Waals surface area contributed by atoms with Crippen molar-refractivity contribution in [2.75, 3.05) is 6.61 Å². The van der Waals surface area contributed by atoms with E-state index in [1.807, 2.05) is 0 Å². The lowest BCUT2D eigenvalue weighted by molar-refractivity contribution is -0.0298. The number of aliphatic imine (C=N–C) groups is 1. The Labute approximate surface area is 212 Å². The topological polar surface area (TPSA) is 104 Å². The summed E-state index contributed by atoms with van der Waals surface area (Å²) in [6.07, 6.45) is 0.556. The van der Waals surface area contributed by atoms with Crippen LogP contribution in [-0.2, 0) is 20.1 Å². The number of hydrogen-bond donors (Lipinski definition) is 1. The maximum atomic E-state index is 15.4. The molecule has 37 heavy (non-hydrogen) atoms. The zero-order valence-electron chi connectivity index (χ0n) is 20.0. The van der Waals surface area contributed by atoms with Crippen molar-refractivity contribution in [2.45, 2.75) is 41.9 Å². The van der Waals surface area contributed by atoms with Crippen LogP contribution in [0.3, 0.4) is 0 Å². The molecule has 2 aliphatic rings. The second kappa shape index (κ2) is 8.84. The average molecular weight is 532 g/mol. The van der Waals surface area contributed by atoms with E-state index in [9.17, 15) is 17.2 Å². The number of amidine groups is 1. The average Bonchev–Trinajstić information content (AvgIpc) is 2.86. The summed E-state index contributed by atoms with van der Waals surface area (Å²) in [5, 5.41) is -1.23. The second-order valence-corrected chi connectivity index (χ2v) is 12.3. The van der Waals surface area contributed by atoms with Gasteiger partial charge < -0.3 is 15.2 Å². The van der Waals surface area contributed by atoms with Crippen molar-refractivity contribution in [3.63, 3.8) is 0 Å². The lowest BCUT2D eigenvalue weighted by Crippen LogP contribution is -2.64. The molecule has 3 aromatic rings. The third-order valence-corrected chi connectivity index (χ3v) is 10.0. The van der Waals surface area contributed by atoms with E-state index in [0.29, 0.717) is 5.56 Å².